The number of aromatic nitrogens is 2. The maximum atomic E-state index is 5.95. The van der Waals surface area contributed by atoms with Crippen LogP contribution in [0.1, 0.15) is 19.0 Å². The molecule has 5 nitrogen and oxygen atoms in total. The first-order valence-corrected chi connectivity index (χ1v) is 7.23. The number of hydrogen-bond acceptors (Lipinski definition) is 5. The molecule has 1 aromatic rings. The summed E-state index contributed by atoms with van der Waals surface area (Å²) in [5, 5.41) is 3.74. The standard InChI is InChI=1S/C13H21ClN4O/c1-2-11-10-12(14)17-13(16-11)15-4-3-5-18-6-8-19-9-7-18/h10H,2-9H2,1H3,(H,15,16,17). The minimum Gasteiger partial charge on any atom is -0.379 e. The van der Waals surface area contributed by atoms with Gasteiger partial charge in [0.25, 0.3) is 0 Å². The molecule has 2 rings (SSSR count). The normalized spacial score (nSPS) is 16.5. The predicted molar refractivity (Wildman–Crippen MR) is 76.8 cm³/mol. The number of morpholine rings is 1. The van der Waals surface area contributed by atoms with Crippen LogP contribution in [0.25, 0.3) is 0 Å². The quantitative estimate of drug-likeness (QED) is 0.638. The predicted octanol–water partition coefficient (Wildman–Crippen LogP) is 1.83. The Morgan fingerprint density at radius 3 is 2.89 bits per heavy atom. The van der Waals surface area contributed by atoms with Gasteiger partial charge < -0.3 is 10.1 Å². The summed E-state index contributed by atoms with van der Waals surface area (Å²) in [7, 11) is 0. The van der Waals surface area contributed by atoms with Crippen molar-refractivity contribution < 1.29 is 4.74 Å². The molecule has 1 N–H and O–H groups in total. The Morgan fingerprint density at radius 1 is 1.37 bits per heavy atom. The molecule has 0 bridgehead atoms. The van der Waals surface area contributed by atoms with Crippen molar-refractivity contribution in [2.75, 3.05) is 44.7 Å². The number of ether oxygens (including phenoxy) is 1. The fourth-order valence-corrected chi connectivity index (χ4v) is 2.26. The molecule has 0 unspecified atom stereocenters. The zero-order valence-corrected chi connectivity index (χ0v) is 12.1. The first-order valence-electron chi connectivity index (χ1n) is 6.85. The minimum atomic E-state index is 0.502. The van der Waals surface area contributed by atoms with Gasteiger partial charge in [0.1, 0.15) is 5.15 Å². The van der Waals surface area contributed by atoms with Crippen molar-refractivity contribution in [2.45, 2.75) is 19.8 Å². The summed E-state index contributed by atoms with van der Waals surface area (Å²) in [6.07, 6.45) is 1.93. The Hall–Kier alpha value is -0.910. The summed E-state index contributed by atoms with van der Waals surface area (Å²) in [4.78, 5) is 11.0. The van der Waals surface area contributed by atoms with Crippen molar-refractivity contribution in [1.29, 1.82) is 0 Å². The van der Waals surface area contributed by atoms with Crippen molar-refractivity contribution in [3.63, 3.8) is 0 Å². The Labute approximate surface area is 119 Å². The number of nitrogens with one attached hydrogen (secondary N) is 1. The lowest BCUT2D eigenvalue weighted by atomic mass is 10.3. The molecule has 1 aliphatic rings. The van der Waals surface area contributed by atoms with Gasteiger partial charge in [-0.2, -0.15) is 0 Å². The Balaban J connectivity index is 1.71. The maximum Gasteiger partial charge on any atom is 0.224 e. The SMILES string of the molecule is CCc1cc(Cl)nc(NCCCN2CCOCC2)n1. The van der Waals surface area contributed by atoms with Crippen LogP contribution in [0, 0.1) is 0 Å². The van der Waals surface area contributed by atoms with Crippen molar-refractivity contribution in [3.8, 4) is 0 Å². The van der Waals surface area contributed by atoms with Crippen LogP contribution in [0.3, 0.4) is 0 Å². The third kappa shape index (κ3) is 4.93. The molecular formula is C13H21ClN4O. The third-order valence-electron chi connectivity index (χ3n) is 3.15. The smallest absolute Gasteiger partial charge is 0.224 e. The molecule has 2 heterocycles. The summed E-state index contributed by atoms with van der Waals surface area (Å²) < 4.78 is 5.32. The van der Waals surface area contributed by atoms with E-state index in [1.165, 1.54) is 0 Å². The lowest BCUT2D eigenvalue weighted by Gasteiger charge is -2.26. The van der Waals surface area contributed by atoms with Gasteiger partial charge in [-0.15, -0.1) is 0 Å². The van der Waals surface area contributed by atoms with Crippen LogP contribution in [0.15, 0.2) is 6.07 Å². The second-order valence-corrected chi connectivity index (χ2v) is 4.98. The van der Waals surface area contributed by atoms with Crippen LogP contribution in [-0.4, -0.2) is 54.3 Å². The Morgan fingerprint density at radius 2 is 2.16 bits per heavy atom. The molecule has 19 heavy (non-hydrogen) atoms. The highest BCUT2D eigenvalue weighted by Crippen LogP contribution is 2.10. The number of aryl methyl sites for hydroxylation is 1. The highest BCUT2D eigenvalue weighted by molar-refractivity contribution is 6.29. The molecule has 0 aliphatic carbocycles. The number of anilines is 1. The second-order valence-electron chi connectivity index (χ2n) is 4.59. The van der Waals surface area contributed by atoms with Crippen LogP contribution >= 0.6 is 11.6 Å². The monoisotopic (exact) mass is 284 g/mol. The average Bonchev–Trinajstić information content (AvgIpc) is 2.44. The second kappa shape index (κ2) is 7.62. The van der Waals surface area contributed by atoms with E-state index < -0.39 is 0 Å². The van der Waals surface area contributed by atoms with Gasteiger partial charge in [0.2, 0.25) is 5.95 Å². The van der Waals surface area contributed by atoms with E-state index >= 15 is 0 Å². The number of nitrogens with zero attached hydrogens (tertiary/aromatic N) is 3. The van der Waals surface area contributed by atoms with Crippen molar-refractivity contribution in [2.24, 2.45) is 0 Å². The van der Waals surface area contributed by atoms with E-state index in [9.17, 15) is 0 Å². The fraction of sp³-hybridized carbons (Fsp3) is 0.692. The fourth-order valence-electron chi connectivity index (χ4n) is 2.05. The molecule has 0 amide bonds. The molecule has 0 aromatic carbocycles. The van der Waals surface area contributed by atoms with Gasteiger partial charge >= 0.3 is 0 Å². The summed E-state index contributed by atoms with van der Waals surface area (Å²) in [6.45, 7) is 7.77. The summed E-state index contributed by atoms with van der Waals surface area (Å²) in [5.74, 6) is 0.631. The van der Waals surface area contributed by atoms with E-state index in [0.29, 0.717) is 11.1 Å². The largest absolute Gasteiger partial charge is 0.379 e. The first kappa shape index (κ1) is 14.5. The van der Waals surface area contributed by atoms with E-state index in [0.717, 1.165) is 57.9 Å². The van der Waals surface area contributed by atoms with Crippen LogP contribution in [-0.2, 0) is 11.2 Å². The van der Waals surface area contributed by atoms with Crippen LogP contribution in [0.2, 0.25) is 5.15 Å². The molecule has 1 aliphatic heterocycles. The van der Waals surface area contributed by atoms with Gasteiger partial charge in [-0.05, 0) is 25.5 Å². The number of rotatable bonds is 6. The molecule has 0 spiro atoms. The molecule has 1 fully saturated rings. The van der Waals surface area contributed by atoms with E-state index in [1.807, 2.05) is 0 Å². The Kier molecular flexibility index (Phi) is 5.82. The molecule has 1 aromatic heterocycles. The lowest BCUT2D eigenvalue weighted by Crippen LogP contribution is -2.37. The van der Waals surface area contributed by atoms with Gasteiger partial charge in [-0.25, -0.2) is 9.97 Å². The van der Waals surface area contributed by atoms with E-state index in [2.05, 4.69) is 27.1 Å². The van der Waals surface area contributed by atoms with E-state index in [-0.39, 0.29) is 0 Å². The highest BCUT2D eigenvalue weighted by atomic mass is 35.5. The Bertz CT molecular complexity index is 396. The molecule has 0 radical (unpaired) electrons. The van der Waals surface area contributed by atoms with Crippen LogP contribution in [0.5, 0.6) is 0 Å². The number of halogens is 1. The van der Waals surface area contributed by atoms with Gasteiger partial charge in [0.05, 0.1) is 13.2 Å². The van der Waals surface area contributed by atoms with Crippen molar-refractivity contribution >= 4 is 17.5 Å². The van der Waals surface area contributed by atoms with Crippen molar-refractivity contribution in [3.05, 3.63) is 16.9 Å². The van der Waals surface area contributed by atoms with Crippen LogP contribution < -0.4 is 5.32 Å². The molecule has 106 valence electrons. The lowest BCUT2D eigenvalue weighted by molar-refractivity contribution is 0.0378. The number of hydrogen-bond donors (Lipinski definition) is 1. The summed E-state index contributed by atoms with van der Waals surface area (Å²) in [6, 6.07) is 1.81. The van der Waals surface area contributed by atoms with Crippen molar-refractivity contribution in [1.82, 2.24) is 14.9 Å². The molecule has 1 saturated heterocycles. The van der Waals surface area contributed by atoms with Crippen LogP contribution in [0.4, 0.5) is 5.95 Å². The third-order valence-corrected chi connectivity index (χ3v) is 3.34. The first-order chi connectivity index (χ1) is 9.28. The highest BCUT2D eigenvalue weighted by Gasteiger charge is 2.09. The van der Waals surface area contributed by atoms with E-state index in [1.54, 1.807) is 6.07 Å². The topological polar surface area (TPSA) is 50.3 Å². The zero-order chi connectivity index (χ0) is 13.5. The van der Waals surface area contributed by atoms with Gasteiger partial charge in [-0.3, -0.25) is 4.90 Å². The van der Waals surface area contributed by atoms with Gasteiger partial charge in [0, 0.05) is 25.3 Å². The molecule has 6 heteroatoms. The maximum absolute atomic E-state index is 5.95. The molecular weight excluding hydrogens is 264 g/mol. The molecule has 0 atom stereocenters. The van der Waals surface area contributed by atoms with Gasteiger partial charge in [-0.1, -0.05) is 18.5 Å². The summed E-state index contributed by atoms with van der Waals surface area (Å²) >= 11 is 5.95. The minimum absolute atomic E-state index is 0.502. The summed E-state index contributed by atoms with van der Waals surface area (Å²) in [5.41, 5.74) is 0.968. The molecule has 0 saturated carbocycles. The van der Waals surface area contributed by atoms with E-state index in [4.69, 9.17) is 16.3 Å². The average molecular weight is 285 g/mol. The zero-order valence-electron chi connectivity index (χ0n) is 11.4. The van der Waals surface area contributed by atoms with Gasteiger partial charge in [0.15, 0.2) is 0 Å².